The van der Waals surface area contributed by atoms with Crippen LogP contribution in [0, 0.1) is 6.42 Å². The number of hydrogen-bond acceptors (Lipinski definition) is 4. The SMILES string of the molecule is C[CH]C1O[C@H](CO)[C@@H](O)[C@H]1O. The predicted octanol–water partition coefficient (Wildman–Crippen LogP) is -1.31. The second-order valence-corrected chi connectivity index (χ2v) is 2.64. The highest BCUT2D eigenvalue weighted by atomic mass is 16.6. The van der Waals surface area contributed by atoms with Crippen LogP contribution in [0.15, 0.2) is 0 Å². The van der Waals surface area contributed by atoms with Gasteiger partial charge in [0.15, 0.2) is 0 Å². The van der Waals surface area contributed by atoms with Crippen molar-refractivity contribution in [3.8, 4) is 0 Å². The third-order valence-electron chi connectivity index (χ3n) is 1.91. The molecular weight excluding hydrogens is 148 g/mol. The van der Waals surface area contributed by atoms with E-state index in [2.05, 4.69) is 0 Å². The molecule has 4 nitrogen and oxygen atoms in total. The second-order valence-electron chi connectivity index (χ2n) is 2.64. The minimum Gasteiger partial charge on any atom is -0.394 e. The van der Waals surface area contributed by atoms with Gasteiger partial charge in [0.2, 0.25) is 0 Å². The van der Waals surface area contributed by atoms with Crippen LogP contribution in [0.2, 0.25) is 0 Å². The summed E-state index contributed by atoms with van der Waals surface area (Å²) in [5, 5.41) is 27.1. The van der Waals surface area contributed by atoms with E-state index in [4.69, 9.17) is 9.84 Å². The van der Waals surface area contributed by atoms with E-state index >= 15 is 0 Å². The summed E-state index contributed by atoms with van der Waals surface area (Å²) in [6.07, 6.45) is -1.32. The molecule has 1 heterocycles. The topological polar surface area (TPSA) is 69.9 Å². The zero-order valence-electron chi connectivity index (χ0n) is 6.34. The van der Waals surface area contributed by atoms with Gasteiger partial charge in [0, 0.05) is 0 Å². The van der Waals surface area contributed by atoms with E-state index in [1.165, 1.54) is 0 Å². The van der Waals surface area contributed by atoms with Gasteiger partial charge in [0.25, 0.3) is 0 Å². The maximum absolute atomic E-state index is 9.24. The molecule has 0 aromatic rings. The molecule has 1 radical (unpaired) electrons. The summed E-state index contributed by atoms with van der Waals surface area (Å²) in [6, 6.07) is 0. The Hall–Kier alpha value is -0.160. The van der Waals surface area contributed by atoms with E-state index in [1.807, 2.05) is 0 Å². The molecule has 1 saturated heterocycles. The molecule has 0 saturated carbocycles. The Morgan fingerprint density at radius 1 is 1.36 bits per heavy atom. The van der Waals surface area contributed by atoms with Crippen LogP contribution < -0.4 is 0 Å². The summed E-state index contributed by atoms with van der Waals surface area (Å²) in [6.45, 7) is 1.48. The lowest BCUT2D eigenvalue weighted by Gasteiger charge is -2.10. The Bertz CT molecular complexity index is 110. The Balaban J connectivity index is 2.53. The van der Waals surface area contributed by atoms with Gasteiger partial charge >= 0.3 is 0 Å². The molecule has 3 N–H and O–H groups in total. The van der Waals surface area contributed by atoms with Crippen LogP contribution >= 0.6 is 0 Å². The standard InChI is InChI=1S/C7H13O4/c1-2-4-6(9)7(10)5(3-8)11-4/h2,4-10H,3H2,1H3/t4?,5-,6+,7-/m1/s1. The van der Waals surface area contributed by atoms with Crippen molar-refractivity contribution < 1.29 is 20.1 Å². The lowest BCUT2D eigenvalue weighted by Crippen LogP contribution is -2.33. The minimum atomic E-state index is -0.971. The van der Waals surface area contributed by atoms with Crippen molar-refractivity contribution in [2.75, 3.05) is 6.61 Å². The molecule has 0 aliphatic carbocycles. The Kier molecular flexibility index (Phi) is 2.84. The molecule has 0 spiro atoms. The average Bonchev–Trinajstić information content (AvgIpc) is 2.30. The molecule has 4 atom stereocenters. The summed E-state index contributed by atoms with van der Waals surface area (Å²) in [5.74, 6) is 0. The van der Waals surface area contributed by atoms with Gasteiger partial charge in [-0.05, 0) is 6.42 Å². The fourth-order valence-corrected chi connectivity index (χ4v) is 1.20. The van der Waals surface area contributed by atoms with Gasteiger partial charge < -0.3 is 20.1 Å². The summed E-state index contributed by atoms with van der Waals surface area (Å²) in [4.78, 5) is 0. The lowest BCUT2D eigenvalue weighted by molar-refractivity contribution is -0.0145. The first-order valence-corrected chi connectivity index (χ1v) is 3.62. The molecule has 0 amide bonds. The first kappa shape index (κ1) is 8.93. The van der Waals surface area contributed by atoms with Gasteiger partial charge in [-0.1, -0.05) is 6.92 Å². The van der Waals surface area contributed by atoms with Gasteiger partial charge in [-0.15, -0.1) is 0 Å². The summed E-state index contributed by atoms with van der Waals surface area (Å²) < 4.78 is 5.08. The van der Waals surface area contributed by atoms with Gasteiger partial charge in [0.05, 0.1) is 12.7 Å². The normalized spacial score (nSPS) is 44.7. The molecule has 65 valence electrons. The molecule has 1 unspecified atom stereocenters. The smallest absolute Gasteiger partial charge is 0.111 e. The van der Waals surface area contributed by atoms with E-state index in [0.717, 1.165) is 0 Å². The van der Waals surface area contributed by atoms with E-state index < -0.39 is 24.4 Å². The monoisotopic (exact) mass is 161 g/mol. The highest BCUT2D eigenvalue weighted by Gasteiger charge is 2.41. The zero-order valence-corrected chi connectivity index (χ0v) is 6.34. The molecule has 11 heavy (non-hydrogen) atoms. The molecule has 0 aromatic carbocycles. The van der Waals surface area contributed by atoms with Gasteiger partial charge in [0.1, 0.15) is 18.3 Å². The Morgan fingerprint density at radius 2 is 2.00 bits per heavy atom. The van der Waals surface area contributed by atoms with Gasteiger partial charge in [-0.25, -0.2) is 0 Å². The van der Waals surface area contributed by atoms with Crippen LogP contribution in [-0.4, -0.2) is 46.3 Å². The van der Waals surface area contributed by atoms with Crippen molar-refractivity contribution >= 4 is 0 Å². The largest absolute Gasteiger partial charge is 0.394 e. The predicted molar refractivity (Wildman–Crippen MR) is 37.7 cm³/mol. The van der Waals surface area contributed by atoms with Crippen molar-refractivity contribution in [1.82, 2.24) is 0 Å². The van der Waals surface area contributed by atoms with E-state index in [-0.39, 0.29) is 6.61 Å². The van der Waals surface area contributed by atoms with Crippen molar-refractivity contribution in [3.63, 3.8) is 0 Å². The van der Waals surface area contributed by atoms with Crippen LogP contribution in [0.25, 0.3) is 0 Å². The zero-order chi connectivity index (χ0) is 8.43. The summed E-state index contributed by atoms with van der Waals surface area (Å²) in [7, 11) is 0. The van der Waals surface area contributed by atoms with E-state index in [0.29, 0.717) is 0 Å². The first-order valence-electron chi connectivity index (χ1n) is 3.62. The number of hydrogen-bond donors (Lipinski definition) is 3. The second kappa shape index (κ2) is 3.49. The van der Waals surface area contributed by atoms with Crippen LogP contribution in [0.4, 0.5) is 0 Å². The molecule has 0 bridgehead atoms. The van der Waals surface area contributed by atoms with Crippen LogP contribution in [0.3, 0.4) is 0 Å². The Morgan fingerprint density at radius 3 is 2.27 bits per heavy atom. The molecule has 1 aliphatic heterocycles. The van der Waals surface area contributed by atoms with Crippen molar-refractivity contribution in [2.24, 2.45) is 0 Å². The molecule has 1 fully saturated rings. The minimum absolute atomic E-state index is 0.261. The maximum atomic E-state index is 9.24. The van der Waals surface area contributed by atoms with Crippen LogP contribution in [0.5, 0.6) is 0 Å². The third-order valence-corrected chi connectivity index (χ3v) is 1.91. The fraction of sp³-hybridized carbons (Fsp3) is 0.857. The number of aliphatic hydroxyl groups is 3. The molecule has 4 heteroatoms. The summed E-state index contributed by atoms with van der Waals surface area (Å²) in [5.41, 5.74) is 0. The van der Waals surface area contributed by atoms with Crippen LogP contribution in [-0.2, 0) is 4.74 Å². The first-order chi connectivity index (χ1) is 5.20. The number of ether oxygens (including phenoxy) is 1. The highest BCUT2D eigenvalue weighted by Crippen LogP contribution is 2.22. The van der Waals surface area contributed by atoms with E-state index in [9.17, 15) is 10.2 Å². The molecule has 1 rings (SSSR count). The quantitative estimate of drug-likeness (QED) is 0.470. The molecular formula is C7H13O4. The Labute approximate surface area is 65.4 Å². The average molecular weight is 161 g/mol. The van der Waals surface area contributed by atoms with Crippen molar-refractivity contribution in [1.29, 1.82) is 0 Å². The fourth-order valence-electron chi connectivity index (χ4n) is 1.20. The lowest BCUT2D eigenvalue weighted by atomic mass is 10.1. The van der Waals surface area contributed by atoms with Gasteiger partial charge in [-0.2, -0.15) is 0 Å². The van der Waals surface area contributed by atoms with Gasteiger partial charge in [-0.3, -0.25) is 0 Å². The van der Waals surface area contributed by atoms with Crippen molar-refractivity contribution in [3.05, 3.63) is 6.42 Å². The molecule has 1 aliphatic rings. The number of rotatable bonds is 2. The highest BCUT2D eigenvalue weighted by molar-refractivity contribution is 4.95. The van der Waals surface area contributed by atoms with Crippen LogP contribution in [0.1, 0.15) is 6.92 Å². The van der Waals surface area contributed by atoms with Crippen molar-refractivity contribution in [2.45, 2.75) is 31.3 Å². The third kappa shape index (κ3) is 1.54. The number of aliphatic hydroxyl groups excluding tert-OH is 3. The molecule has 0 aromatic heterocycles. The summed E-state index contributed by atoms with van der Waals surface area (Å²) >= 11 is 0. The van der Waals surface area contributed by atoms with E-state index in [1.54, 1.807) is 13.3 Å². The maximum Gasteiger partial charge on any atom is 0.111 e.